The molecule has 1 N–H and O–H groups in total. The van der Waals surface area contributed by atoms with E-state index in [-0.39, 0.29) is 30.3 Å². The Labute approximate surface area is 128 Å². The summed E-state index contributed by atoms with van der Waals surface area (Å²) in [6.45, 7) is 2.13. The maximum Gasteiger partial charge on any atom is 0.234 e. The molecule has 3 rings (SSSR count). The van der Waals surface area contributed by atoms with Gasteiger partial charge in [0.25, 0.3) is 0 Å². The van der Waals surface area contributed by atoms with Crippen molar-refractivity contribution < 1.29 is 9.59 Å². The Morgan fingerprint density at radius 3 is 2.38 bits per heavy atom. The average Bonchev–Trinajstić information content (AvgIpc) is 2.73. The first-order chi connectivity index (χ1) is 10.1. The van der Waals surface area contributed by atoms with E-state index in [9.17, 15) is 9.59 Å². The number of carbonyl (C=O) groups is 2. The standard InChI is InChI=1S/C16H17ClN2O2/c1-10-6-7-11(8-14(10)17)18-9-19-15(20)12-4-2-3-5-13(12)16(19)21/h2-3,6-8,12-13,18H,4-5,9H2,1H3/t12-,13-/m0/s1. The normalized spacial score (nSPS) is 24.4. The van der Waals surface area contributed by atoms with Gasteiger partial charge in [-0.15, -0.1) is 0 Å². The molecule has 1 aromatic rings. The molecule has 1 aliphatic heterocycles. The Morgan fingerprint density at radius 2 is 1.81 bits per heavy atom. The van der Waals surface area contributed by atoms with E-state index >= 15 is 0 Å². The number of allylic oxidation sites excluding steroid dienone is 2. The molecular weight excluding hydrogens is 288 g/mol. The third-order valence-electron chi connectivity index (χ3n) is 4.21. The predicted octanol–water partition coefficient (Wildman–Crippen LogP) is 2.97. The van der Waals surface area contributed by atoms with Gasteiger partial charge in [-0.2, -0.15) is 0 Å². The van der Waals surface area contributed by atoms with Crippen LogP contribution < -0.4 is 5.32 Å². The van der Waals surface area contributed by atoms with E-state index in [1.807, 2.05) is 31.2 Å². The highest BCUT2D eigenvalue weighted by molar-refractivity contribution is 6.31. The lowest BCUT2D eigenvalue weighted by atomic mass is 9.85. The minimum absolute atomic E-state index is 0.0694. The predicted molar refractivity (Wildman–Crippen MR) is 81.9 cm³/mol. The van der Waals surface area contributed by atoms with Crippen molar-refractivity contribution in [3.05, 3.63) is 40.9 Å². The molecule has 0 saturated carbocycles. The van der Waals surface area contributed by atoms with Gasteiger partial charge in [0.15, 0.2) is 0 Å². The number of halogens is 1. The summed E-state index contributed by atoms with van der Waals surface area (Å²) in [5.41, 5.74) is 1.80. The van der Waals surface area contributed by atoms with Crippen LogP contribution in [0.5, 0.6) is 0 Å². The molecular formula is C16H17ClN2O2. The van der Waals surface area contributed by atoms with Gasteiger partial charge in [0.2, 0.25) is 11.8 Å². The molecule has 2 atom stereocenters. The fraction of sp³-hybridized carbons (Fsp3) is 0.375. The second-order valence-electron chi connectivity index (χ2n) is 5.56. The molecule has 1 aliphatic carbocycles. The number of aryl methyl sites for hydroxylation is 1. The smallest absolute Gasteiger partial charge is 0.234 e. The molecule has 1 heterocycles. The number of hydrogen-bond donors (Lipinski definition) is 1. The molecule has 2 aliphatic rings. The summed E-state index contributed by atoms with van der Waals surface area (Å²) in [6.07, 6.45) is 5.32. The van der Waals surface area contributed by atoms with Gasteiger partial charge in [0.1, 0.15) is 0 Å². The quantitative estimate of drug-likeness (QED) is 0.690. The Hall–Kier alpha value is -1.81. The first kappa shape index (κ1) is 14.1. The van der Waals surface area contributed by atoms with Gasteiger partial charge >= 0.3 is 0 Å². The number of rotatable bonds is 3. The number of imide groups is 1. The molecule has 0 bridgehead atoms. The number of nitrogens with one attached hydrogen (secondary N) is 1. The van der Waals surface area contributed by atoms with Crippen LogP contribution in [0.3, 0.4) is 0 Å². The van der Waals surface area contributed by atoms with Gasteiger partial charge in [-0.1, -0.05) is 29.8 Å². The maximum atomic E-state index is 12.3. The van der Waals surface area contributed by atoms with E-state index in [0.29, 0.717) is 17.9 Å². The van der Waals surface area contributed by atoms with Crippen molar-refractivity contribution >= 4 is 29.1 Å². The van der Waals surface area contributed by atoms with E-state index in [4.69, 9.17) is 11.6 Å². The molecule has 1 fully saturated rings. The Bertz CT molecular complexity index is 601. The topological polar surface area (TPSA) is 49.4 Å². The molecule has 5 heteroatoms. The van der Waals surface area contributed by atoms with Crippen molar-refractivity contribution in [1.82, 2.24) is 4.90 Å². The largest absolute Gasteiger partial charge is 0.367 e. The van der Waals surface area contributed by atoms with Crippen LogP contribution in [0.2, 0.25) is 5.02 Å². The number of anilines is 1. The summed E-state index contributed by atoms with van der Waals surface area (Å²) in [4.78, 5) is 25.9. The second kappa shape index (κ2) is 5.53. The van der Waals surface area contributed by atoms with Crippen molar-refractivity contribution in [3.63, 3.8) is 0 Å². The molecule has 1 saturated heterocycles. The fourth-order valence-corrected chi connectivity index (χ4v) is 3.08. The van der Waals surface area contributed by atoms with Gasteiger partial charge in [-0.3, -0.25) is 14.5 Å². The number of nitrogens with zero attached hydrogens (tertiary/aromatic N) is 1. The summed E-state index contributed by atoms with van der Waals surface area (Å²) in [6, 6.07) is 5.60. The van der Waals surface area contributed by atoms with Gasteiger partial charge in [0.05, 0.1) is 18.5 Å². The highest BCUT2D eigenvalue weighted by Gasteiger charge is 2.46. The highest BCUT2D eigenvalue weighted by atomic mass is 35.5. The van der Waals surface area contributed by atoms with Crippen LogP contribution in [0.15, 0.2) is 30.4 Å². The van der Waals surface area contributed by atoms with Gasteiger partial charge in [0, 0.05) is 10.7 Å². The van der Waals surface area contributed by atoms with Crippen LogP contribution in [-0.2, 0) is 9.59 Å². The van der Waals surface area contributed by atoms with Crippen molar-refractivity contribution in [3.8, 4) is 0 Å². The fourth-order valence-electron chi connectivity index (χ4n) is 2.90. The van der Waals surface area contributed by atoms with Crippen LogP contribution >= 0.6 is 11.6 Å². The highest BCUT2D eigenvalue weighted by Crippen LogP contribution is 2.34. The number of amides is 2. The third-order valence-corrected chi connectivity index (χ3v) is 4.62. The number of hydrogen-bond acceptors (Lipinski definition) is 3. The van der Waals surface area contributed by atoms with Gasteiger partial charge in [-0.25, -0.2) is 0 Å². The number of fused-ring (bicyclic) bond motifs is 1. The molecule has 21 heavy (non-hydrogen) atoms. The second-order valence-corrected chi connectivity index (χ2v) is 5.97. The molecule has 4 nitrogen and oxygen atoms in total. The van der Waals surface area contributed by atoms with Crippen LogP contribution in [0.1, 0.15) is 18.4 Å². The summed E-state index contributed by atoms with van der Waals surface area (Å²) in [5, 5.41) is 3.77. The van der Waals surface area contributed by atoms with E-state index < -0.39 is 0 Å². The minimum Gasteiger partial charge on any atom is -0.367 e. The summed E-state index contributed by atoms with van der Waals surface area (Å²) in [5.74, 6) is -0.489. The van der Waals surface area contributed by atoms with E-state index in [1.165, 1.54) is 4.90 Å². The molecule has 2 amide bonds. The molecule has 0 radical (unpaired) electrons. The van der Waals surface area contributed by atoms with E-state index in [1.54, 1.807) is 6.07 Å². The van der Waals surface area contributed by atoms with Crippen molar-refractivity contribution in [2.24, 2.45) is 11.8 Å². The minimum atomic E-state index is -0.175. The van der Waals surface area contributed by atoms with E-state index in [0.717, 1.165) is 11.3 Å². The molecule has 0 spiro atoms. The third kappa shape index (κ3) is 2.56. The maximum absolute atomic E-state index is 12.3. The molecule has 0 unspecified atom stereocenters. The zero-order valence-corrected chi connectivity index (χ0v) is 12.6. The number of likely N-dealkylation sites (tertiary alicyclic amines) is 1. The van der Waals surface area contributed by atoms with Gasteiger partial charge in [-0.05, 0) is 37.5 Å². The monoisotopic (exact) mass is 304 g/mol. The Kier molecular flexibility index (Phi) is 3.72. The van der Waals surface area contributed by atoms with Crippen molar-refractivity contribution in [1.29, 1.82) is 0 Å². The molecule has 0 aromatic heterocycles. The summed E-state index contributed by atoms with van der Waals surface area (Å²) < 4.78 is 0. The number of carbonyl (C=O) groups excluding carboxylic acids is 2. The molecule has 110 valence electrons. The summed E-state index contributed by atoms with van der Waals surface area (Å²) >= 11 is 6.07. The van der Waals surface area contributed by atoms with Crippen LogP contribution in [0.4, 0.5) is 5.69 Å². The zero-order chi connectivity index (χ0) is 15.0. The van der Waals surface area contributed by atoms with Crippen molar-refractivity contribution in [2.45, 2.75) is 19.8 Å². The van der Waals surface area contributed by atoms with Crippen molar-refractivity contribution in [2.75, 3.05) is 12.0 Å². The average molecular weight is 305 g/mol. The lowest BCUT2D eigenvalue weighted by molar-refractivity contribution is -0.139. The Balaban J connectivity index is 1.69. The zero-order valence-electron chi connectivity index (χ0n) is 11.8. The molecule has 1 aromatic carbocycles. The lowest BCUT2D eigenvalue weighted by Crippen LogP contribution is -2.35. The van der Waals surface area contributed by atoms with Crippen LogP contribution in [-0.4, -0.2) is 23.4 Å². The van der Waals surface area contributed by atoms with Gasteiger partial charge < -0.3 is 5.32 Å². The lowest BCUT2D eigenvalue weighted by Gasteiger charge is -2.16. The van der Waals surface area contributed by atoms with E-state index in [2.05, 4.69) is 5.32 Å². The number of benzene rings is 1. The van der Waals surface area contributed by atoms with Crippen LogP contribution in [0.25, 0.3) is 0 Å². The Morgan fingerprint density at radius 1 is 1.19 bits per heavy atom. The first-order valence-electron chi connectivity index (χ1n) is 7.08. The first-order valence-corrected chi connectivity index (χ1v) is 7.46. The summed E-state index contributed by atoms with van der Waals surface area (Å²) in [7, 11) is 0. The SMILES string of the molecule is Cc1ccc(NCN2C(=O)[C@H]3CC=CC[C@@H]3C2=O)cc1Cl. The van der Waals surface area contributed by atoms with Crippen LogP contribution in [0, 0.1) is 18.8 Å².